The molecule has 0 atom stereocenters. The number of carbonyl (C=O) groups excluding carboxylic acids is 2. The van der Waals surface area contributed by atoms with Crippen LogP contribution in [0.1, 0.15) is 32.8 Å². The predicted molar refractivity (Wildman–Crippen MR) is 121 cm³/mol. The van der Waals surface area contributed by atoms with Crippen LogP contribution in [0.5, 0.6) is 0 Å². The van der Waals surface area contributed by atoms with Gasteiger partial charge >= 0.3 is 6.09 Å². The lowest BCUT2D eigenvalue weighted by molar-refractivity contribution is -0.116. The van der Waals surface area contributed by atoms with Gasteiger partial charge in [0.25, 0.3) is 0 Å². The van der Waals surface area contributed by atoms with E-state index in [1.807, 2.05) is 24.3 Å². The molecule has 162 valence electrons. The van der Waals surface area contributed by atoms with Gasteiger partial charge in [-0.1, -0.05) is 18.2 Å². The van der Waals surface area contributed by atoms with Gasteiger partial charge in [-0.05, 0) is 62.1 Å². The molecule has 2 amide bonds. The number of rotatable bonds is 6. The lowest BCUT2D eigenvalue weighted by Crippen LogP contribution is -2.38. The molecule has 0 unspecified atom stereocenters. The maximum Gasteiger partial charge on any atom is 0.414 e. The first-order chi connectivity index (χ1) is 14.7. The number of anilines is 2. The Morgan fingerprint density at radius 3 is 2.48 bits per heavy atom. The molecule has 3 rings (SSSR count). The Labute approximate surface area is 181 Å². The number of benzene rings is 2. The quantitative estimate of drug-likeness (QED) is 0.612. The van der Waals surface area contributed by atoms with Crippen LogP contribution in [0.15, 0.2) is 60.9 Å². The number of amides is 2. The number of fused-ring (bicyclic) bond motifs is 1. The third-order valence-corrected chi connectivity index (χ3v) is 4.53. The monoisotopic (exact) mass is 421 g/mol. The number of aliphatic hydroxyl groups is 1. The van der Waals surface area contributed by atoms with E-state index in [4.69, 9.17) is 4.74 Å². The highest BCUT2D eigenvalue weighted by molar-refractivity contribution is 5.95. The van der Waals surface area contributed by atoms with Crippen LogP contribution in [0.2, 0.25) is 0 Å². The third kappa shape index (κ3) is 6.26. The first kappa shape index (κ1) is 22.2. The van der Waals surface area contributed by atoms with E-state index in [9.17, 15) is 14.7 Å². The van der Waals surface area contributed by atoms with E-state index in [1.54, 1.807) is 57.4 Å². The van der Waals surface area contributed by atoms with E-state index in [1.165, 1.54) is 4.90 Å². The number of aliphatic hydroxyl groups excluding tert-OH is 1. The van der Waals surface area contributed by atoms with Crippen molar-refractivity contribution in [2.75, 3.05) is 16.8 Å². The molecule has 3 aromatic rings. The van der Waals surface area contributed by atoms with Crippen LogP contribution in [0.3, 0.4) is 0 Å². The van der Waals surface area contributed by atoms with Crippen LogP contribution in [0, 0.1) is 0 Å². The molecule has 0 aliphatic carbocycles. The fraction of sp³-hybridized carbons (Fsp3) is 0.292. The van der Waals surface area contributed by atoms with Gasteiger partial charge in [-0.25, -0.2) is 4.79 Å². The van der Waals surface area contributed by atoms with Gasteiger partial charge in [0.2, 0.25) is 5.91 Å². The number of carbonyl (C=O) groups is 2. The van der Waals surface area contributed by atoms with Gasteiger partial charge in [0.05, 0.1) is 6.61 Å². The molecular weight excluding hydrogens is 394 g/mol. The molecule has 0 bridgehead atoms. The van der Waals surface area contributed by atoms with Crippen molar-refractivity contribution >= 4 is 34.1 Å². The van der Waals surface area contributed by atoms with Crippen LogP contribution < -0.4 is 10.2 Å². The first-order valence-corrected chi connectivity index (χ1v) is 10.1. The summed E-state index contributed by atoms with van der Waals surface area (Å²) in [7, 11) is 0. The Balaban J connectivity index is 1.70. The molecule has 0 radical (unpaired) electrons. The Hall–Kier alpha value is -3.45. The molecule has 7 nitrogen and oxygen atoms in total. The van der Waals surface area contributed by atoms with Crippen molar-refractivity contribution in [1.82, 2.24) is 4.98 Å². The van der Waals surface area contributed by atoms with Crippen molar-refractivity contribution in [3.8, 4) is 0 Å². The molecule has 31 heavy (non-hydrogen) atoms. The summed E-state index contributed by atoms with van der Waals surface area (Å²) >= 11 is 0. The minimum atomic E-state index is -0.664. The highest BCUT2D eigenvalue weighted by Crippen LogP contribution is 2.21. The Morgan fingerprint density at radius 2 is 1.81 bits per heavy atom. The zero-order chi connectivity index (χ0) is 22.4. The van der Waals surface area contributed by atoms with Crippen molar-refractivity contribution < 1.29 is 19.4 Å². The smallest absolute Gasteiger partial charge is 0.414 e. The maximum atomic E-state index is 12.7. The van der Waals surface area contributed by atoms with Gasteiger partial charge in [-0.15, -0.1) is 0 Å². The second-order valence-corrected chi connectivity index (χ2v) is 8.19. The van der Waals surface area contributed by atoms with Crippen molar-refractivity contribution in [2.45, 2.75) is 39.4 Å². The van der Waals surface area contributed by atoms with Crippen LogP contribution in [0.25, 0.3) is 10.8 Å². The summed E-state index contributed by atoms with van der Waals surface area (Å²) in [5.41, 5.74) is 1.34. The molecule has 2 N–H and O–H groups in total. The van der Waals surface area contributed by atoms with Crippen molar-refractivity contribution in [3.63, 3.8) is 0 Å². The number of ether oxygens (including phenoxy) is 1. The Morgan fingerprint density at radius 1 is 1.06 bits per heavy atom. The van der Waals surface area contributed by atoms with Gasteiger partial charge in [0.1, 0.15) is 5.60 Å². The minimum absolute atomic E-state index is 0.0864. The average molecular weight is 421 g/mol. The predicted octanol–water partition coefficient (Wildman–Crippen LogP) is 4.50. The standard InChI is InChI=1S/C24H27N3O4/c1-24(2,3)31-23(30)27(21-8-4-17(16-28)5-9-21)13-11-22(29)26-20-7-6-19-15-25-12-10-18(19)14-20/h4-10,12,14-15,28H,11,13,16H2,1-3H3,(H,26,29). The number of nitrogens with one attached hydrogen (secondary N) is 1. The van der Waals surface area contributed by atoms with Crippen molar-refractivity contribution in [1.29, 1.82) is 0 Å². The molecule has 7 heteroatoms. The summed E-state index contributed by atoms with van der Waals surface area (Å²) in [6.45, 7) is 5.44. The molecule has 0 fully saturated rings. The van der Waals surface area contributed by atoms with E-state index >= 15 is 0 Å². The van der Waals surface area contributed by atoms with Crippen LogP contribution in [0.4, 0.5) is 16.2 Å². The molecule has 0 saturated heterocycles. The lowest BCUT2D eigenvalue weighted by Gasteiger charge is -2.27. The van der Waals surface area contributed by atoms with Crippen molar-refractivity contribution in [2.24, 2.45) is 0 Å². The van der Waals surface area contributed by atoms with E-state index < -0.39 is 11.7 Å². The third-order valence-electron chi connectivity index (χ3n) is 4.53. The number of pyridine rings is 1. The zero-order valence-electron chi connectivity index (χ0n) is 18.0. The Kier molecular flexibility index (Phi) is 6.87. The molecule has 0 spiro atoms. The normalized spacial score (nSPS) is 11.2. The first-order valence-electron chi connectivity index (χ1n) is 10.1. The lowest BCUT2D eigenvalue weighted by atomic mass is 10.1. The van der Waals surface area contributed by atoms with E-state index in [-0.39, 0.29) is 25.5 Å². The van der Waals surface area contributed by atoms with Crippen molar-refractivity contribution in [3.05, 3.63) is 66.5 Å². The fourth-order valence-corrected chi connectivity index (χ4v) is 3.02. The summed E-state index contributed by atoms with van der Waals surface area (Å²) in [6, 6.07) is 14.4. The van der Waals surface area contributed by atoms with E-state index in [0.717, 1.165) is 16.3 Å². The number of aromatic nitrogens is 1. The SMILES string of the molecule is CC(C)(C)OC(=O)N(CCC(=O)Nc1ccc2cnccc2c1)c1ccc(CO)cc1. The van der Waals surface area contributed by atoms with Gasteiger partial charge in [-0.2, -0.15) is 0 Å². The highest BCUT2D eigenvalue weighted by atomic mass is 16.6. The van der Waals surface area contributed by atoms with Gasteiger partial charge in [0.15, 0.2) is 0 Å². The van der Waals surface area contributed by atoms with Crippen LogP contribution in [-0.4, -0.2) is 34.2 Å². The molecular formula is C24H27N3O4. The van der Waals surface area contributed by atoms with Gasteiger partial charge in [0, 0.05) is 42.1 Å². The summed E-state index contributed by atoms with van der Waals surface area (Å²) in [6.07, 6.45) is 3.03. The van der Waals surface area contributed by atoms with Crippen LogP contribution in [-0.2, 0) is 16.1 Å². The fourth-order valence-electron chi connectivity index (χ4n) is 3.02. The number of hydrogen-bond acceptors (Lipinski definition) is 5. The van der Waals surface area contributed by atoms with E-state index in [2.05, 4.69) is 10.3 Å². The number of hydrogen-bond donors (Lipinski definition) is 2. The summed E-state index contributed by atoms with van der Waals surface area (Å²) in [5, 5.41) is 14.1. The summed E-state index contributed by atoms with van der Waals surface area (Å²) in [5.74, 6) is -0.214. The van der Waals surface area contributed by atoms with E-state index in [0.29, 0.717) is 11.4 Å². The molecule has 0 saturated carbocycles. The largest absolute Gasteiger partial charge is 0.443 e. The zero-order valence-corrected chi connectivity index (χ0v) is 18.0. The second kappa shape index (κ2) is 9.57. The van der Waals surface area contributed by atoms with Gasteiger partial charge < -0.3 is 15.2 Å². The maximum absolute atomic E-state index is 12.7. The Bertz CT molecular complexity index is 1060. The molecule has 1 heterocycles. The average Bonchev–Trinajstić information content (AvgIpc) is 2.73. The molecule has 1 aromatic heterocycles. The van der Waals surface area contributed by atoms with Gasteiger partial charge in [-0.3, -0.25) is 14.7 Å². The summed E-state index contributed by atoms with van der Waals surface area (Å²) in [4.78, 5) is 30.8. The topological polar surface area (TPSA) is 91.8 Å². The molecule has 2 aromatic carbocycles. The highest BCUT2D eigenvalue weighted by Gasteiger charge is 2.24. The minimum Gasteiger partial charge on any atom is -0.443 e. The second-order valence-electron chi connectivity index (χ2n) is 8.19. The summed E-state index contributed by atoms with van der Waals surface area (Å²) < 4.78 is 5.51. The number of nitrogens with zero attached hydrogens (tertiary/aromatic N) is 2. The van der Waals surface area contributed by atoms with Crippen LogP contribution >= 0.6 is 0 Å². The molecule has 0 aliphatic rings. The molecule has 0 aliphatic heterocycles.